The number of phenolic OH excluding ortho intramolecular Hbond substituents is 1. The molecule has 5 unspecified atom stereocenters. The van der Waals surface area contributed by atoms with Gasteiger partial charge >= 0.3 is 5.97 Å². The van der Waals surface area contributed by atoms with E-state index in [1.807, 2.05) is 20.1 Å². The molecule has 0 fully saturated rings. The maximum absolute atomic E-state index is 13.2. The van der Waals surface area contributed by atoms with Crippen molar-refractivity contribution in [1.29, 1.82) is 0 Å². The van der Waals surface area contributed by atoms with Crippen LogP contribution in [0.2, 0.25) is 0 Å². The fourth-order valence-electron chi connectivity index (χ4n) is 3.35. The molecule has 1 aromatic rings. The molecule has 0 aliphatic heterocycles. The minimum Gasteiger partial charge on any atom is -0.508 e. The Morgan fingerprint density at radius 3 is 2.00 bits per heavy atom. The van der Waals surface area contributed by atoms with Gasteiger partial charge in [-0.1, -0.05) is 26.0 Å². The van der Waals surface area contributed by atoms with Crippen molar-refractivity contribution in [3.05, 3.63) is 29.8 Å². The van der Waals surface area contributed by atoms with Crippen LogP contribution in [0, 0.1) is 5.92 Å². The van der Waals surface area contributed by atoms with E-state index in [-0.39, 0.29) is 24.5 Å². The Kier molecular flexibility index (Phi) is 13.3. The molecule has 1 aromatic carbocycles. The second-order valence-electron chi connectivity index (χ2n) is 9.08. The molecule has 202 valence electrons. The number of aliphatic carboxylic acids is 1. The molecule has 0 saturated carbocycles. The van der Waals surface area contributed by atoms with Crippen LogP contribution in [0.25, 0.3) is 0 Å². The summed E-state index contributed by atoms with van der Waals surface area (Å²) in [7, 11) is 0. The fraction of sp³-hybridized carbons (Fsp3) is 0.583. The third-order valence-electron chi connectivity index (χ3n) is 5.37. The van der Waals surface area contributed by atoms with E-state index in [0.717, 1.165) is 0 Å². The van der Waals surface area contributed by atoms with Crippen molar-refractivity contribution >= 4 is 35.5 Å². The summed E-state index contributed by atoms with van der Waals surface area (Å²) in [6, 6.07) is 1.38. The zero-order valence-electron chi connectivity index (χ0n) is 21.1. The first-order chi connectivity index (χ1) is 16.8. The number of nitrogens with one attached hydrogen (secondary N) is 3. The molecule has 12 heteroatoms. The summed E-state index contributed by atoms with van der Waals surface area (Å²) in [6.45, 7) is 4.97. The Balaban J connectivity index is 3.13. The van der Waals surface area contributed by atoms with Gasteiger partial charge in [0.1, 0.15) is 17.8 Å². The minimum absolute atomic E-state index is 0.0151. The molecule has 0 heterocycles. The van der Waals surface area contributed by atoms with Gasteiger partial charge in [0.15, 0.2) is 6.04 Å². The van der Waals surface area contributed by atoms with Gasteiger partial charge in [0.05, 0.1) is 12.1 Å². The lowest BCUT2D eigenvalue weighted by Gasteiger charge is -2.26. The molecule has 0 radical (unpaired) electrons. The number of phenols is 1. The van der Waals surface area contributed by atoms with Crippen LogP contribution in [0.15, 0.2) is 24.3 Å². The van der Waals surface area contributed by atoms with Crippen LogP contribution in [0.3, 0.4) is 0 Å². The minimum atomic E-state index is -1.59. The summed E-state index contributed by atoms with van der Waals surface area (Å²) in [5.74, 6) is -2.64. The van der Waals surface area contributed by atoms with Gasteiger partial charge in [0.25, 0.3) is 0 Å². The predicted molar refractivity (Wildman–Crippen MR) is 137 cm³/mol. The number of aromatic hydroxyl groups is 1. The van der Waals surface area contributed by atoms with E-state index in [1.165, 1.54) is 19.1 Å². The number of benzene rings is 1. The molecule has 11 nitrogen and oxygen atoms in total. The number of carboxylic acid groups (broad SMARTS) is 1. The highest BCUT2D eigenvalue weighted by Gasteiger charge is 2.32. The lowest BCUT2D eigenvalue weighted by molar-refractivity contribution is -0.145. The maximum Gasteiger partial charge on any atom is 0.328 e. The molecule has 0 saturated heterocycles. The maximum atomic E-state index is 13.2. The third kappa shape index (κ3) is 10.8. The second kappa shape index (κ2) is 15.3. The summed E-state index contributed by atoms with van der Waals surface area (Å²) in [5.41, 5.74) is 6.52. The van der Waals surface area contributed by atoms with E-state index in [4.69, 9.17) is 5.73 Å². The highest BCUT2D eigenvalue weighted by Crippen LogP contribution is 2.13. The molecule has 8 N–H and O–H groups in total. The largest absolute Gasteiger partial charge is 0.508 e. The highest BCUT2D eigenvalue weighted by molar-refractivity contribution is 7.98. The van der Waals surface area contributed by atoms with Gasteiger partial charge in [-0.3, -0.25) is 14.4 Å². The smallest absolute Gasteiger partial charge is 0.328 e. The van der Waals surface area contributed by atoms with Gasteiger partial charge < -0.3 is 37.0 Å². The molecule has 5 atom stereocenters. The average Bonchev–Trinajstić information content (AvgIpc) is 2.80. The number of amides is 3. The van der Waals surface area contributed by atoms with Crippen molar-refractivity contribution in [2.24, 2.45) is 11.7 Å². The number of rotatable bonds is 15. The van der Waals surface area contributed by atoms with Gasteiger partial charge in [0, 0.05) is 6.42 Å². The second-order valence-corrected chi connectivity index (χ2v) is 10.1. The number of nitrogens with two attached hydrogens (primary N) is 1. The molecule has 0 aliphatic carbocycles. The fourth-order valence-corrected chi connectivity index (χ4v) is 3.84. The van der Waals surface area contributed by atoms with Crippen LogP contribution in [-0.4, -0.2) is 81.3 Å². The molecular weight excluding hydrogens is 488 g/mol. The van der Waals surface area contributed by atoms with Crippen LogP contribution in [0.1, 0.15) is 39.2 Å². The van der Waals surface area contributed by atoms with Crippen molar-refractivity contribution in [3.63, 3.8) is 0 Å². The lowest BCUT2D eigenvalue weighted by Crippen LogP contribution is -2.59. The number of carbonyl (C=O) groups is 4. The Hall–Kier alpha value is -2.83. The van der Waals surface area contributed by atoms with Crippen LogP contribution < -0.4 is 21.7 Å². The molecule has 3 amide bonds. The van der Waals surface area contributed by atoms with Gasteiger partial charge in [-0.2, -0.15) is 11.8 Å². The standard InChI is InChI=1S/C24H38N4O7S/c1-13(2)11-18(26-21(31)17(25)9-10-36-4)22(32)27-19(12-15-5-7-16(30)8-6-15)23(33)28-20(14(3)29)24(34)35/h5-8,13-14,17-20,29-30H,9-12,25H2,1-4H3,(H,26,31)(H,27,32)(H,28,33)(H,34,35). The number of carboxylic acids is 1. The van der Waals surface area contributed by atoms with Crippen LogP contribution >= 0.6 is 11.8 Å². The monoisotopic (exact) mass is 526 g/mol. The van der Waals surface area contributed by atoms with Crippen molar-refractivity contribution in [2.45, 2.75) is 70.3 Å². The number of aliphatic hydroxyl groups excluding tert-OH is 1. The Morgan fingerprint density at radius 1 is 0.944 bits per heavy atom. The molecule has 0 aliphatic rings. The van der Waals surface area contributed by atoms with E-state index in [0.29, 0.717) is 17.7 Å². The van der Waals surface area contributed by atoms with E-state index < -0.39 is 54.0 Å². The number of thioether (sulfide) groups is 1. The molecule has 0 aromatic heterocycles. The van der Waals surface area contributed by atoms with Gasteiger partial charge in [-0.15, -0.1) is 0 Å². The van der Waals surface area contributed by atoms with Crippen LogP contribution in [0.5, 0.6) is 5.75 Å². The average molecular weight is 527 g/mol. The number of carbonyl (C=O) groups excluding carboxylic acids is 3. The summed E-state index contributed by atoms with van der Waals surface area (Å²) >= 11 is 1.55. The van der Waals surface area contributed by atoms with E-state index in [1.54, 1.807) is 23.9 Å². The third-order valence-corrected chi connectivity index (χ3v) is 6.01. The molecule has 1 rings (SSSR count). The zero-order valence-corrected chi connectivity index (χ0v) is 21.9. The van der Waals surface area contributed by atoms with Crippen molar-refractivity contribution < 1.29 is 34.5 Å². The summed E-state index contributed by atoms with van der Waals surface area (Å²) in [4.78, 5) is 50.2. The number of hydrogen-bond donors (Lipinski definition) is 7. The first-order valence-electron chi connectivity index (χ1n) is 11.7. The Labute approximate surface area is 215 Å². The van der Waals surface area contributed by atoms with Crippen molar-refractivity contribution in [3.8, 4) is 5.75 Å². The molecule has 36 heavy (non-hydrogen) atoms. The quantitative estimate of drug-likeness (QED) is 0.165. The van der Waals surface area contributed by atoms with Gasteiger partial charge in [-0.05, 0) is 55.4 Å². The van der Waals surface area contributed by atoms with E-state index >= 15 is 0 Å². The first kappa shape index (κ1) is 31.2. The topological polar surface area (TPSA) is 191 Å². The Bertz CT molecular complexity index is 880. The van der Waals surface area contributed by atoms with E-state index in [9.17, 15) is 34.5 Å². The van der Waals surface area contributed by atoms with Crippen LogP contribution in [0.4, 0.5) is 0 Å². The lowest BCUT2D eigenvalue weighted by atomic mass is 10.00. The molecule has 0 bridgehead atoms. The number of aliphatic hydroxyl groups is 1. The highest BCUT2D eigenvalue weighted by atomic mass is 32.2. The molecular formula is C24H38N4O7S. The number of hydrogen-bond acceptors (Lipinski definition) is 8. The first-order valence-corrected chi connectivity index (χ1v) is 13.1. The van der Waals surface area contributed by atoms with E-state index in [2.05, 4.69) is 16.0 Å². The summed E-state index contributed by atoms with van der Waals surface area (Å²) < 4.78 is 0. The van der Waals surface area contributed by atoms with Crippen molar-refractivity contribution in [2.75, 3.05) is 12.0 Å². The molecule has 0 spiro atoms. The summed E-state index contributed by atoms with van der Waals surface area (Å²) in [5, 5.41) is 36.1. The van der Waals surface area contributed by atoms with Crippen molar-refractivity contribution in [1.82, 2.24) is 16.0 Å². The zero-order chi connectivity index (χ0) is 27.4. The van der Waals surface area contributed by atoms with Crippen LogP contribution in [-0.2, 0) is 25.6 Å². The van der Waals surface area contributed by atoms with Gasteiger partial charge in [0.2, 0.25) is 17.7 Å². The predicted octanol–water partition coefficient (Wildman–Crippen LogP) is -0.0190. The summed E-state index contributed by atoms with van der Waals surface area (Å²) in [6.07, 6.45) is 1.20. The van der Waals surface area contributed by atoms with Gasteiger partial charge in [-0.25, -0.2) is 4.79 Å². The normalized spacial score (nSPS) is 15.3. The SMILES string of the molecule is CSCCC(N)C(=O)NC(CC(C)C)C(=O)NC(Cc1ccc(O)cc1)C(=O)NC(C(=O)O)C(C)O. The Morgan fingerprint density at radius 2 is 1.50 bits per heavy atom.